The molecular weight excluding hydrogens is 129 g/mol. The van der Waals surface area contributed by atoms with E-state index in [0.29, 0.717) is 6.04 Å². The van der Waals surface area contributed by atoms with Crippen molar-refractivity contribution in [2.75, 3.05) is 6.54 Å². The number of hydrogen-bond acceptors (Lipinski definition) is 1. The van der Waals surface area contributed by atoms with Crippen LogP contribution in [0.2, 0.25) is 5.09 Å². The van der Waals surface area contributed by atoms with Crippen LogP contribution in [-0.4, -0.2) is 30.3 Å². The molecule has 0 amide bonds. The van der Waals surface area contributed by atoms with Gasteiger partial charge in [-0.05, 0) is 0 Å². The molecule has 0 bridgehead atoms. The third-order valence-corrected chi connectivity index (χ3v) is 1.91. The summed E-state index contributed by atoms with van der Waals surface area (Å²) in [6.45, 7) is 5.48. The van der Waals surface area contributed by atoms with Crippen molar-refractivity contribution in [3.63, 3.8) is 0 Å². The van der Waals surface area contributed by atoms with Crippen LogP contribution in [0.1, 0.15) is 26.7 Å². The Balaban J connectivity index is 3.27. The van der Waals surface area contributed by atoms with E-state index in [2.05, 4.69) is 49.0 Å². The fourth-order valence-corrected chi connectivity index (χ4v) is 1.06. The average molecular weight is 147 g/mol. The van der Waals surface area contributed by atoms with E-state index in [9.17, 15) is 0 Å². The van der Waals surface area contributed by atoms with Gasteiger partial charge in [-0.25, -0.2) is 0 Å². The molecule has 0 fully saturated rings. The van der Waals surface area contributed by atoms with Gasteiger partial charge < -0.3 is 0 Å². The maximum atomic E-state index is 3.47. The molecule has 0 aromatic carbocycles. The first-order valence-electron chi connectivity index (χ1n) is 4.73. The Morgan fingerprint density at radius 2 is 1.91 bits per heavy atom. The second kappa shape index (κ2) is 8.39. The van der Waals surface area contributed by atoms with E-state index in [0.717, 1.165) is 11.6 Å². The SMILES string of the molecule is [Li][CH2]C=CCNC(CC)CC. The zero-order valence-corrected chi connectivity index (χ0v) is 8.06. The van der Waals surface area contributed by atoms with Crippen molar-refractivity contribution in [1.29, 1.82) is 0 Å². The molecule has 0 saturated heterocycles. The molecule has 60 valence electrons. The predicted molar refractivity (Wildman–Crippen MR) is 52.1 cm³/mol. The number of nitrogens with one attached hydrogen (secondary N) is 1. The Labute approximate surface area is 79.8 Å². The summed E-state index contributed by atoms with van der Waals surface area (Å²) in [5.74, 6) is 0. The van der Waals surface area contributed by atoms with Crippen LogP contribution in [0.3, 0.4) is 0 Å². The first-order chi connectivity index (χ1) is 5.35. The van der Waals surface area contributed by atoms with Crippen molar-refractivity contribution in [1.82, 2.24) is 5.32 Å². The minimum absolute atomic E-state index is 0.705. The molecular formula is C9H18LiN. The van der Waals surface area contributed by atoms with E-state index in [1.54, 1.807) is 0 Å². The van der Waals surface area contributed by atoms with Crippen LogP contribution in [0.4, 0.5) is 0 Å². The molecule has 0 saturated carbocycles. The number of rotatable bonds is 6. The summed E-state index contributed by atoms with van der Waals surface area (Å²) in [4.78, 5) is 0. The molecule has 0 spiro atoms. The molecule has 0 aromatic rings. The van der Waals surface area contributed by atoms with Crippen molar-refractivity contribution in [3.8, 4) is 0 Å². The quantitative estimate of drug-likeness (QED) is 0.447. The molecule has 1 N–H and O–H groups in total. The molecule has 0 atom stereocenters. The van der Waals surface area contributed by atoms with E-state index in [1.165, 1.54) is 12.8 Å². The van der Waals surface area contributed by atoms with Gasteiger partial charge in [-0.1, -0.05) is 0 Å². The normalized spacial score (nSPS) is 11.7. The van der Waals surface area contributed by atoms with Gasteiger partial charge in [-0.2, -0.15) is 0 Å². The third kappa shape index (κ3) is 6.69. The Kier molecular flexibility index (Phi) is 8.62. The predicted octanol–water partition coefficient (Wildman–Crippen LogP) is 1.91. The summed E-state index contributed by atoms with van der Waals surface area (Å²) in [6.07, 6.45) is 6.88. The third-order valence-electron chi connectivity index (χ3n) is 1.91. The van der Waals surface area contributed by atoms with Crippen LogP contribution < -0.4 is 5.32 Å². The molecule has 2 heteroatoms. The van der Waals surface area contributed by atoms with E-state index in [-0.39, 0.29) is 0 Å². The van der Waals surface area contributed by atoms with Crippen LogP contribution >= 0.6 is 0 Å². The van der Waals surface area contributed by atoms with Gasteiger partial charge in [0.1, 0.15) is 0 Å². The fraction of sp³-hybridized carbons (Fsp3) is 0.778. The molecule has 0 radical (unpaired) electrons. The molecule has 0 heterocycles. The van der Waals surface area contributed by atoms with Crippen LogP contribution in [0, 0.1) is 0 Å². The first kappa shape index (κ1) is 11.3. The zero-order chi connectivity index (χ0) is 8.53. The average Bonchev–Trinajstić information content (AvgIpc) is 2.05. The van der Waals surface area contributed by atoms with Gasteiger partial charge in [0, 0.05) is 0 Å². The standard InChI is InChI=1S/C9H18N.Li/c1-4-7-8-10-9(5-2)6-3;/h4,7,9-10H,1,5-6,8H2,2-3H3;. The van der Waals surface area contributed by atoms with Crippen molar-refractivity contribution < 1.29 is 0 Å². The van der Waals surface area contributed by atoms with Gasteiger partial charge in [0.2, 0.25) is 0 Å². The van der Waals surface area contributed by atoms with Gasteiger partial charge in [-0.3, -0.25) is 0 Å². The van der Waals surface area contributed by atoms with Crippen molar-refractivity contribution >= 4 is 17.7 Å². The van der Waals surface area contributed by atoms with Crippen LogP contribution in [0.15, 0.2) is 12.2 Å². The summed E-state index contributed by atoms with van der Waals surface area (Å²) in [7, 11) is 0. The Bertz CT molecular complexity index is 97.7. The second-order valence-electron chi connectivity index (χ2n) is 2.80. The molecule has 0 aliphatic heterocycles. The van der Waals surface area contributed by atoms with Gasteiger partial charge in [0.25, 0.3) is 0 Å². The van der Waals surface area contributed by atoms with Crippen LogP contribution in [0.5, 0.6) is 0 Å². The van der Waals surface area contributed by atoms with Crippen molar-refractivity contribution in [2.24, 2.45) is 0 Å². The summed E-state index contributed by atoms with van der Waals surface area (Å²) in [6, 6.07) is 0.705. The molecule has 0 rings (SSSR count). The molecule has 0 aliphatic rings. The van der Waals surface area contributed by atoms with Gasteiger partial charge >= 0.3 is 79.6 Å². The first-order valence-corrected chi connectivity index (χ1v) is 4.73. The maximum absolute atomic E-state index is 3.47. The van der Waals surface area contributed by atoms with Gasteiger partial charge in [0.15, 0.2) is 0 Å². The van der Waals surface area contributed by atoms with Crippen LogP contribution in [-0.2, 0) is 0 Å². The molecule has 0 aliphatic carbocycles. The Morgan fingerprint density at radius 3 is 2.36 bits per heavy atom. The molecule has 11 heavy (non-hydrogen) atoms. The Hall–Kier alpha value is 0.297. The van der Waals surface area contributed by atoms with E-state index in [4.69, 9.17) is 0 Å². The second-order valence-corrected chi connectivity index (χ2v) is 2.80. The topological polar surface area (TPSA) is 12.0 Å². The summed E-state index contributed by atoms with van der Waals surface area (Å²) >= 11 is 2.16. The zero-order valence-electron chi connectivity index (χ0n) is 8.06. The number of hydrogen-bond donors (Lipinski definition) is 1. The summed E-state index contributed by atoms with van der Waals surface area (Å²) in [5, 5.41) is 4.61. The van der Waals surface area contributed by atoms with E-state index >= 15 is 0 Å². The molecule has 1 nitrogen and oxygen atoms in total. The summed E-state index contributed by atoms with van der Waals surface area (Å²) in [5.41, 5.74) is 0. The van der Waals surface area contributed by atoms with Gasteiger partial charge in [-0.15, -0.1) is 0 Å². The van der Waals surface area contributed by atoms with Crippen molar-refractivity contribution in [2.45, 2.75) is 37.8 Å². The van der Waals surface area contributed by atoms with E-state index in [1.807, 2.05) is 0 Å². The number of allylic oxidation sites excluding steroid dienone is 1. The monoisotopic (exact) mass is 147 g/mol. The summed E-state index contributed by atoms with van der Waals surface area (Å²) < 4.78 is 0. The minimum atomic E-state index is 0.705. The van der Waals surface area contributed by atoms with E-state index < -0.39 is 0 Å². The van der Waals surface area contributed by atoms with Crippen molar-refractivity contribution in [3.05, 3.63) is 12.2 Å². The molecule has 0 aromatic heterocycles. The van der Waals surface area contributed by atoms with Crippen LogP contribution in [0.25, 0.3) is 0 Å². The molecule has 0 unspecified atom stereocenters. The fourth-order valence-electron chi connectivity index (χ4n) is 1.06. The van der Waals surface area contributed by atoms with Gasteiger partial charge in [0.05, 0.1) is 0 Å². The Morgan fingerprint density at radius 1 is 1.27 bits per heavy atom.